The van der Waals surface area contributed by atoms with Crippen LogP contribution < -0.4 is 11.3 Å². The van der Waals surface area contributed by atoms with Crippen molar-refractivity contribution in [3.05, 3.63) is 23.0 Å². The minimum absolute atomic E-state index is 0.110. The number of aliphatic hydroxyl groups excluding tert-OH is 2. The standard InChI is InChI=1S/C9H11N5O4/c10-7(17)6(16)4(15)1-14-3-13-5-8(14)11-2-12-9(5)18/h2-4,6,15-16H,1H2,(H2,10,17)(H,11,12,18)/t4-,6-/m1/s1. The summed E-state index contributed by atoms with van der Waals surface area (Å²) < 4.78 is 1.35. The van der Waals surface area contributed by atoms with E-state index in [-0.39, 0.29) is 17.7 Å². The number of carbonyl (C=O) groups is 1. The summed E-state index contributed by atoms with van der Waals surface area (Å²) in [6, 6.07) is 0. The average Bonchev–Trinajstić information content (AvgIpc) is 2.73. The van der Waals surface area contributed by atoms with Crippen LogP contribution in [0.1, 0.15) is 0 Å². The van der Waals surface area contributed by atoms with Crippen LogP contribution >= 0.6 is 0 Å². The van der Waals surface area contributed by atoms with Crippen molar-refractivity contribution >= 4 is 17.1 Å². The Kier molecular flexibility index (Phi) is 3.08. The van der Waals surface area contributed by atoms with E-state index in [9.17, 15) is 19.8 Å². The summed E-state index contributed by atoms with van der Waals surface area (Å²) in [6.45, 7) is -0.156. The lowest BCUT2D eigenvalue weighted by atomic mass is 10.2. The Morgan fingerprint density at radius 2 is 2.22 bits per heavy atom. The van der Waals surface area contributed by atoms with E-state index in [0.29, 0.717) is 0 Å². The fourth-order valence-corrected chi connectivity index (χ4v) is 1.52. The molecule has 2 heterocycles. The number of nitrogens with zero attached hydrogens (tertiary/aromatic N) is 3. The minimum Gasteiger partial charge on any atom is -0.388 e. The first-order chi connectivity index (χ1) is 8.50. The van der Waals surface area contributed by atoms with Gasteiger partial charge in [0.2, 0.25) is 5.91 Å². The zero-order valence-electron chi connectivity index (χ0n) is 9.15. The fourth-order valence-electron chi connectivity index (χ4n) is 1.52. The second-order valence-electron chi connectivity index (χ2n) is 3.72. The van der Waals surface area contributed by atoms with Crippen molar-refractivity contribution in [3.63, 3.8) is 0 Å². The molecular weight excluding hydrogens is 242 g/mol. The number of imidazole rings is 1. The molecule has 0 aromatic carbocycles. The third-order valence-electron chi connectivity index (χ3n) is 2.45. The summed E-state index contributed by atoms with van der Waals surface area (Å²) in [4.78, 5) is 32.1. The molecule has 2 atom stereocenters. The molecule has 18 heavy (non-hydrogen) atoms. The molecule has 0 saturated heterocycles. The van der Waals surface area contributed by atoms with Crippen molar-refractivity contribution in [2.75, 3.05) is 0 Å². The number of fused-ring (bicyclic) bond motifs is 1. The smallest absolute Gasteiger partial charge is 0.278 e. The third kappa shape index (κ3) is 2.08. The van der Waals surface area contributed by atoms with Crippen LogP contribution in [0.2, 0.25) is 0 Å². The van der Waals surface area contributed by atoms with Gasteiger partial charge in [-0.1, -0.05) is 0 Å². The predicted octanol–water partition coefficient (Wildman–Crippen LogP) is -2.67. The first kappa shape index (κ1) is 12.2. The van der Waals surface area contributed by atoms with Gasteiger partial charge in [-0.25, -0.2) is 9.97 Å². The Labute approximate surface area is 99.9 Å². The van der Waals surface area contributed by atoms with Gasteiger partial charge in [0.05, 0.1) is 19.2 Å². The van der Waals surface area contributed by atoms with Crippen LogP contribution in [0.4, 0.5) is 0 Å². The molecule has 2 rings (SSSR count). The van der Waals surface area contributed by atoms with Crippen LogP contribution in [-0.2, 0) is 11.3 Å². The number of nitrogens with one attached hydrogen (secondary N) is 1. The lowest BCUT2D eigenvalue weighted by Gasteiger charge is -2.15. The number of H-pyrrole nitrogens is 1. The Morgan fingerprint density at radius 3 is 2.89 bits per heavy atom. The SMILES string of the molecule is NC(=O)[C@H](O)[C@H](O)Cn1cnc2c(=O)[nH]cnc21. The zero-order chi connectivity index (χ0) is 13.3. The molecule has 5 N–H and O–H groups in total. The van der Waals surface area contributed by atoms with Crippen LogP contribution in [0.5, 0.6) is 0 Å². The van der Waals surface area contributed by atoms with Crippen LogP contribution in [0, 0.1) is 0 Å². The van der Waals surface area contributed by atoms with Crippen molar-refractivity contribution in [2.45, 2.75) is 18.8 Å². The molecule has 9 nitrogen and oxygen atoms in total. The first-order valence-electron chi connectivity index (χ1n) is 5.04. The monoisotopic (exact) mass is 253 g/mol. The molecule has 96 valence electrons. The molecule has 0 unspecified atom stereocenters. The van der Waals surface area contributed by atoms with Crippen LogP contribution in [0.25, 0.3) is 11.2 Å². The van der Waals surface area contributed by atoms with Crippen molar-refractivity contribution in [1.82, 2.24) is 19.5 Å². The molecule has 0 aliphatic heterocycles. The second-order valence-corrected chi connectivity index (χ2v) is 3.72. The number of primary amides is 1. The van der Waals surface area contributed by atoms with E-state index >= 15 is 0 Å². The molecule has 0 radical (unpaired) electrons. The number of rotatable bonds is 4. The highest BCUT2D eigenvalue weighted by molar-refractivity contribution is 5.79. The maximum absolute atomic E-state index is 11.4. The van der Waals surface area contributed by atoms with Crippen molar-refractivity contribution in [1.29, 1.82) is 0 Å². The van der Waals surface area contributed by atoms with E-state index in [1.807, 2.05) is 0 Å². The minimum atomic E-state index is -1.69. The van der Waals surface area contributed by atoms with E-state index in [1.54, 1.807) is 0 Å². The first-order valence-corrected chi connectivity index (χ1v) is 5.04. The van der Waals surface area contributed by atoms with Gasteiger partial charge in [-0.2, -0.15) is 0 Å². The Hall–Kier alpha value is -2.26. The van der Waals surface area contributed by atoms with Gasteiger partial charge >= 0.3 is 0 Å². The van der Waals surface area contributed by atoms with E-state index < -0.39 is 23.7 Å². The van der Waals surface area contributed by atoms with Gasteiger partial charge < -0.3 is 25.5 Å². The summed E-state index contributed by atoms with van der Waals surface area (Å²) >= 11 is 0. The highest BCUT2D eigenvalue weighted by Crippen LogP contribution is 2.06. The normalized spacial score (nSPS) is 14.6. The highest BCUT2D eigenvalue weighted by atomic mass is 16.3. The van der Waals surface area contributed by atoms with Gasteiger partial charge in [-0.3, -0.25) is 9.59 Å². The van der Waals surface area contributed by atoms with Gasteiger partial charge in [0.1, 0.15) is 6.10 Å². The molecular formula is C9H11N5O4. The van der Waals surface area contributed by atoms with Crippen LogP contribution in [-0.4, -0.2) is 47.8 Å². The number of aliphatic hydroxyl groups is 2. The molecule has 0 bridgehead atoms. The molecule has 0 spiro atoms. The molecule has 9 heteroatoms. The molecule has 0 saturated carbocycles. The summed E-state index contributed by atoms with van der Waals surface area (Å²) in [5.41, 5.74) is 4.80. The number of hydrogen-bond donors (Lipinski definition) is 4. The molecule has 1 amide bonds. The maximum atomic E-state index is 11.4. The summed E-state index contributed by atoms with van der Waals surface area (Å²) in [5.74, 6) is -1.03. The Morgan fingerprint density at radius 1 is 1.50 bits per heavy atom. The van der Waals surface area contributed by atoms with Gasteiger partial charge in [-0.15, -0.1) is 0 Å². The molecule has 0 aliphatic rings. The number of amides is 1. The zero-order valence-corrected chi connectivity index (χ0v) is 9.15. The summed E-state index contributed by atoms with van der Waals surface area (Å²) in [6.07, 6.45) is -0.616. The molecule has 2 aromatic heterocycles. The van der Waals surface area contributed by atoms with Crippen molar-refractivity contribution < 1.29 is 15.0 Å². The van der Waals surface area contributed by atoms with E-state index in [4.69, 9.17) is 5.73 Å². The number of carbonyl (C=O) groups excluding carboxylic acids is 1. The van der Waals surface area contributed by atoms with Crippen LogP contribution in [0.15, 0.2) is 17.4 Å². The third-order valence-corrected chi connectivity index (χ3v) is 2.45. The second kappa shape index (κ2) is 4.55. The number of aromatic amines is 1. The lowest BCUT2D eigenvalue weighted by Crippen LogP contribution is -2.40. The van der Waals surface area contributed by atoms with Crippen molar-refractivity contribution in [3.8, 4) is 0 Å². The highest BCUT2D eigenvalue weighted by Gasteiger charge is 2.23. The largest absolute Gasteiger partial charge is 0.388 e. The number of aromatic nitrogens is 4. The van der Waals surface area contributed by atoms with Gasteiger partial charge in [0.15, 0.2) is 17.3 Å². The van der Waals surface area contributed by atoms with Crippen LogP contribution in [0.3, 0.4) is 0 Å². The summed E-state index contributed by atoms with van der Waals surface area (Å²) in [5, 5.41) is 18.8. The Bertz CT molecular complexity index is 633. The molecule has 0 fully saturated rings. The predicted molar refractivity (Wildman–Crippen MR) is 59.4 cm³/mol. The van der Waals surface area contributed by atoms with E-state index in [0.717, 1.165) is 0 Å². The maximum Gasteiger partial charge on any atom is 0.278 e. The van der Waals surface area contributed by atoms with E-state index in [2.05, 4.69) is 15.0 Å². The number of hydrogen-bond acceptors (Lipinski definition) is 6. The fraction of sp³-hybridized carbons (Fsp3) is 0.333. The van der Waals surface area contributed by atoms with Gasteiger partial charge in [-0.05, 0) is 0 Å². The average molecular weight is 253 g/mol. The Balaban J connectivity index is 2.30. The topological polar surface area (TPSA) is 147 Å². The summed E-state index contributed by atoms with van der Waals surface area (Å²) in [7, 11) is 0. The van der Waals surface area contributed by atoms with E-state index in [1.165, 1.54) is 17.2 Å². The molecule has 2 aromatic rings. The molecule has 0 aliphatic carbocycles. The quantitative estimate of drug-likeness (QED) is 0.467. The van der Waals surface area contributed by atoms with Gasteiger partial charge in [0.25, 0.3) is 5.56 Å². The lowest BCUT2D eigenvalue weighted by molar-refractivity contribution is -0.132. The van der Waals surface area contributed by atoms with Crippen molar-refractivity contribution in [2.24, 2.45) is 5.73 Å². The van der Waals surface area contributed by atoms with Gasteiger partial charge in [0, 0.05) is 0 Å². The number of nitrogens with two attached hydrogens (primary N) is 1.